The van der Waals surface area contributed by atoms with Crippen LogP contribution in [0.3, 0.4) is 0 Å². The maximum atomic E-state index is 5.90. The first kappa shape index (κ1) is 17.2. The lowest BCUT2D eigenvalue weighted by Crippen LogP contribution is -2.09. The molecule has 0 N–H and O–H groups in total. The van der Waals surface area contributed by atoms with Crippen molar-refractivity contribution in [3.8, 4) is 10.6 Å². The number of hydrogen-bond acceptors (Lipinski definition) is 6. The van der Waals surface area contributed by atoms with Gasteiger partial charge in [0.25, 0.3) is 0 Å². The zero-order valence-corrected chi connectivity index (χ0v) is 17.0. The normalized spacial score (nSPS) is 11.4. The average molecular weight is 429 g/mol. The molecule has 132 valence electrons. The van der Waals surface area contributed by atoms with Crippen LogP contribution in [0.2, 0.25) is 0 Å². The fourth-order valence-corrected chi connectivity index (χ4v) is 3.65. The second-order valence-electron chi connectivity index (χ2n) is 6.33. The summed E-state index contributed by atoms with van der Waals surface area (Å²) in [6, 6.07) is 14.7. The molecule has 0 atom stereocenters. The molecule has 0 fully saturated rings. The van der Waals surface area contributed by atoms with Crippen molar-refractivity contribution in [1.29, 1.82) is 0 Å². The van der Waals surface area contributed by atoms with Crippen LogP contribution in [0, 0.1) is 0 Å². The molecule has 0 bridgehead atoms. The number of nitrogens with zero attached hydrogens (tertiary/aromatic N) is 4. The van der Waals surface area contributed by atoms with Gasteiger partial charge in [0.2, 0.25) is 5.13 Å². The van der Waals surface area contributed by atoms with Crippen molar-refractivity contribution in [2.45, 2.75) is 19.8 Å². The zero-order chi connectivity index (χ0) is 18.3. The first-order chi connectivity index (χ1) is 12.5. The predicted octanol–water partition coefficient (Wildman–Crippen LogP) is 6.00. The summed E-state index contributed by atoms with van der Waals surface area (Å²) in [6.07, 6.45) is 0. The molecule has 26 heavy (non-hydrogen) atoms. The highest BCUT2D eigenvalue weighted by Crippen LogP contribution is 2.33. The SMILES string of the molecule is CC(C)c1ccc2oc(N(C)c3nnc(-c4ccc(Br)cc4)s3)nc2c1. The number of rotatable bonds is 4. The van der Waals surface area contributed by atoms with Gasteiger partial charge in [0.1, 0.15) is 10.5 Å². The number of fused-ring (bicyclic) bond motifs is 1. The minimum atomic E-state index is 0.453. The summed E-state index contributed by atoms with van der Waals surface area (Å²) in [7, 11) is 1.89. The number of hydrogen-bond donors (Lipinski definition) is 0. The molecular weight excluding hydrogens is 412 g/mol. The average Bonchev–Trinajstić information content (AvgIpc) is 3.28. The van der Waals surface area contributed by atoms with Gasteiger partial charge in [-0.3, -0.25) is 4.90 Å². The molecule has 0 unspecified atom stereocenters. The largest absolute Gasteiger partial charge is 0.423 e. The fourth-order valence-electron chi connectivity index (χ4n) is 2.58. The van der Waals surface area contributed by atoms with Gasteiger partial charge in [-0.2, -0.15) is 4.98 Å². The summed E-state index contributed by atoms with van der Waals surface area (Å²) < 4.78 is 6.93. The van der Waals surface area contributed by atoms with Gasteiger partial charge < -0.3 is 4.42 Å². The van der Waals surface area contributed by atoms with Crippen LogP contribution in [0.25, 0.3) is 21.7 Å². The van der Waals surface area contributed by atoms with Crippen molar-refractivity contribution >= 4 is 49.5 Å². The summed E-state index contributed by atoms with van der Waals surface area (Å²) in [4.78, 5) is 6.45. The first-order valence-corrected chi connectivity index (χ1v) is 9.86. The summed E-state index contributed by atoms with van der Waals surface area (Å²) in [6.45, 7) is 4.33. The molecule has 4 rings (SSSR count). The molecule has 0 aliphatic heterocycles. The topological polar surface area (TPSA) is 55.1 Å². The van der Waals surface area contributed by atoms with Crippen LogP contribution in [0.5, 0.6) is 0 Å². The summed E-state index contributed by atoms with van der Waals surface area (Å²) in [5, 5.41) is 10.2. The van der Waals surface area contributed by atoms with E-state index in [2.05, 4.69) is 57.1 Å². The van der Waals surface area contributed by atoms with E-state index in [4.69, 9.17) is 4.42 Å². The molecule has 0 saturated heterocycles. The lowest BCUT2D eigenvalue weighted by Gasteiger charge is -2.08. The van der Waals surface area contributed by atoms with Gasteiger partial charge in [0.15, 0.2) is 5.58 Å². The smallest absolute Gasteiger partial charge is 0.304 e. The van der Waals surface area contributed by atoms with Gasteiger partial charge in [-0.15, -0.1) is 10.2 Å². The number of aromatic nitrogens is 3. The van der Waals surface area contributed by atoms with Crippen LogP contribution in [-0.2, 0) is 0 Å². The summed E-state index contributed by atoms with van der Waals surface area (Å²) in [5.41, 5.74) is 3.91. The van der Waals surface area contributed by atoms with Gasteiger partial charge in [0.05, 0.1) is 0 Å². The van der Waals surface area contributed by atoms with Crippen LogP contribution in [-0.4, -0.2) is 22.2 Å². The number of anilines is 2. The fraction of sp³-hybridized carbons (Fsp3) is 0.211. The molecule has 0 saturated carbocycles. The Morgan fingerprint density at radius 1 is 1.08 bits per heavy atom. The minimum Gasteiger partial charge on any atom is -0.423 e. The monoisotopic (exact) mass is 428 g/mol. The van der Waals surface area contributed by atoms with Crippen molar-refractivity contribution in [2.24, 2.45) is 0 Å². The lowest BCUT2D eigenvalue weighted by molar-refractivity contribution is 0.602. The standard InChI is InChI=1S/C19H17BrN4OS/c1-11(2)13-6-9-16-15(10-13)21-18(25-16)24(3)19-23-22-17(26-19)12-4-7-14(20)8-5-12/h4-11H,1-3H3. The van der Waals surface area contributed by atoms with Gasteiger partial charge in [-0.1, -0.05) is 59.3 Å². The van der Waals surface area contributed by atoms with Crippen molar-refractivity contribution in [3.63, 3.8) is 0 Å². The third kappa shape index (κ3) is 3.24. The van der Waals surface area contributed by atoms with E-state index in [0.29, 0.717) is 11.9 Å². The highest BCUT2D eigenvalue weighted by atomic mass is 79.9. The highest BCUT2D eigenvalue weighted by Gasteiger charge is 2.17. The van der Waals surface area contributed by atoms with Crippen LogP contribution < -0.4 is 4.90 Å². The van der Waals surface area contributed by atoms with E-state index in [1.807, 2.05) is 42.3 Å². The molecule has 2 aromatic carbocycles. The quantitative estimate of drug-likeness (QED) is 0.398. The highest BCUT2D eigenvalue weighted by molar-refractivity contribution is 9.10. The van der Waals surface area contributed by atoms with Crippen molar-refractivity contribution < 1.29 is 4.42 Å². The molecular formula is C19H17BrN4OS. The predicted molar refractivity (Wildman–Crippen MR) is 109 cm³/mol. The molecule has 0 spiro atoms. The molecule has 7 heteroatoms. The Hall–Kier alpha value is -2.25. The molecule has 0 aliphatic rings. The van der Waals surface area contributed by atoms with Crippen LogP contribution in [0.4, 0.5) is 11.1 Å². The van der Waals surface area contributed by atoms with Gasteiger partial charge in [-0.05, 0) is 35.7 Å². The van der Waals surface area contributed by atoms with Gasteiger partial charge >= 0.3 is 6.01 Å². The molecule has 0 amide bonds. The molecule has 2 aromatic heterocycles. The molecule has 5 nitrogen and oxygen atoms in total. The number of benzene rings is 2. The molecule has 0 aliphatic carbocycles. The van der Waals surface area contributed by atoms with Crippen molar-refractivity contribution in [2.75, 3.05) is 11.9 Å². The summed E-state index contributed by atoms with van der Waals surface area (Å²) in [5.74, 6) is 0.453. The zero-order valence-electron chi connectivity index (χ0n) is 14.6. The van der Waals surface area contributed by atoms with E-state index in [-0.39, 0.29) is 0 Å². The third-order valence-electron chi connectivity index (χ3n) is 4.15. The Kier molecular flexibility index (Phi) is 4.50. The van der Waals surface area contributed by atoms with E-state index in [1.165, 1.54) is 16.9 Å². The Bertz CT molecular complexity index is 1060. The van der Waals surface area contributed by atoms with E-state index >= 15 is 0 Å². The Morgan fingerprint density at radius 3 is 2.58 bits per heavy atom. The van der Waals surface area contributed by atoms with Crippen LogP contribution in [0.15, 0.2) is 51.4 Å². The lowest BCUT2D eigenvalue weighted by atomic mass is 10.0. The second-order valence-corrected chi connectivity index (χ2v) is 8.21. The van der Waals surface area contributed by atoms with E-state index in [9.17, 15) is 0 Å². The van der Waals surface area contributed by atoms with E-state index in [0.717, 1.165) is 31.3 Å². The van der Waals surface area contributed by atoms with Gasteiger partial charge in [-0.25, -0.2) is 0 Å². The minimum absolute atomic E-state index is 0.453. The van der Waals surface area contributed by atoms with Crippen LogP contribution >= 0.6 is 27.3 Å². The van der Waals surface area contributed by atoms with Crippen molar-refractivity contribution in [1.82, 2.24) is 15.2 Å². The maximum absolute atomic E-state index is 5.90. The van der Waals surface area contributed by atoms with E-state index < -0.39 is 0 Å². The summed E-state index contributed by atoms with van der Waals surface area (Å²) >= 11 is 4.95. The first-order valence-electron chi connectivity index (χ1n) is 8.25. The van der Waals surface area contributed by atoms with Gasteiger partial charge in [0, 0.05) is 17.1 Å². The van der Waals surface area contributed by atoms with E-state index in [1.54, 1.807) is 0 Å². The third-order valence-corrected chi connectivity index (χ3v) is 5.72. The molecule has 2 heterocycles. The second kappa shape index (κ2) is 6.81. The molecule has 4 aromatic rings. The number of oxazole rings is 1. The Morgan fingerprint density at radius 2 is 1.85 bits per heavy atom. The van der Waals surface area contributed by atoms with Crippen LogP contribution in [0.1, 0.15) is 25.3 Å². The van der Waals surface area contributed by atoms with Crippen molar-refractivity contribution in [3.05, 3.63) is 52.5 Å². The maximum Gasteiger partial charge on any atom is 0.304 e. The Labute approximate surface area is 163 Å². The Balaban J connectivity index is 1.64. The molecule has 0 radical (unpaired) electrons. The number of halogens is 1.